The topological polar surface area (TPSA) is 168 Å². The maximum Gasteiger partial charge on any atom is 0.238 e. The minimum Gasteiger partial charge on any atom is -0.505 e. The monoisotopic (exact) mass is 401 g/mol. The number of phenols is 2. The van der Waals surface area contributed by atoms with Gasteiger partial charge in [-0.25, -0.2) is 18.2 Å². The second-order valence-corrected chi connectivity index (χ2v) is 7.11. The van der Waals surface area contributed by atoms with Crippen molar-refractivity contribution in [1.29, 1.82) is 0 Å². The fourth-order valence-corrected chi connectivity index (χ4v) is 2.63. The minimum absolute atomic E-state index is 0.0345. The summed E-state index contributed by atoms with van der Waals surface area (Å²) in [5, 5.41) is 44.8. The van der Waals surface area contributed by atoms with Crippen LogP contribution in [0.4, 0.5) is 22.9 Å². The molecule has 0 fully saturated rings. The molecule has 0 radical (unpaired) electrons. The molecule has 0 amide bonds. The van der Waals surface area contributed by atoms with Crippen LogP contribution in [0.15, 0.2) is 74.0 Å². The molecule has 4 N–H and O–H groups in total. The van der Waals surface area contributed by atoms with Crippen molar-refractivity contribution in [3.63, 3.8) is 0 Å². The molecule has 3 aromatic rings. The van der Waals surface area contributed by atoms with Gasteiger partial charge in [-0.1, -0.05) is 0 Å². The van der Waals surface area contributed by atoms with Crippen LogP contribution in [0, 0.1) is 0 Å². The number of benzene rings is 2. The fourth-order valence-electron chi connectivity index (χ4n) is 2.12. The maximum atomic E-state index is 11.2. The third-order valence-corrected chi connectivity index (χ3v) is 4.52. The number of sulfonamides is 1. The Bertz CT molecular complexity index is 1170. The zero-order valence-electron chi connectivity index (χ0n) is 14.5. The number of hydrogen-bond donors (Lipinski definition) is 3. The minimum atomic E-state index is -3.80. The van der Waals surface area contributed by atoms with Crippen molar-refractivity contribution < 1.29 is 18.6 Å². The molecule has 0 saturated carbocycles. The Kier molecular flexibility index (Phi) is 5.15. The number of rotatable bonds is 5. The first-order valence-electron chi connectivity index (χ1n) is 7.75. The molecule has 12 heteroatoms. The van der Waals surface area contributed by atoms with E-state index in [1.807, 2.05) is 0 Å². The molecule has 1 aromatic heterocycles. The molecule has 144 valence electrons. The SMILES string of the molecule is Cn1nccc1/N=N/c1c(O)ccc(/N=N/c2ccc(S(N)(=O)=O)cc2)c1O. The molecule has 0 atom stereocenters. The summed E-state index contributed by atoms with van der Waals surface area (Å²) in [6.07, 6.45) is 1.53. The Morgan fingerprint density at radius 1 is 0.964 bits per heavy atom. The van der Waals surface area contributed by atoms with E-state index in [1.165, 1.54) is 47.3 Å². The van der Waals surface area contributed by atoms with Gasteiger partial charge < -0.3 is 10.2 Å². The van der Waals surface area contributed by atoms with Crippen LogP contribution in [-0.2, 0) is 17.1 Å². The van der Waals surface area contributed by atoms with Crippen molar-refractivity contribution in [2.24, 2.45) is 32.6 Å². The number of azo groups is 2. The summed E-state index contributed by atoms with van der Waals surface area (Å²) in [7, 11) is -2.13. The third kappa shape index (κ3) is 4.19. The van der Waals surface area contributed by atoms with Gasteiger partial charge in [0.1, 0.15) is 11.4 Å². The lowest BCUT2D eigenvalue weighted by Gasteiger charge is -2.04. The van der Waals surface area contributed by atoms with Crippen molar-refractivity contribution in [3.05, 3.63) is 48.7 Å². The van der Waals surface area contributed by atoms with E-state index in [1.54, 1.807) is 13.1 Å². The first-order valence-corrected chi connectivity index (χ1v) is 9.29. The highest BCUT2D eigenvalue weighted by atomic mass is 32.2. The quantitative estimate of drug-likeness (QED) is 0.556. The lowest BCUT2D eigenvalue weighted by Crippen LogP contribution is -2.11. The number of aromatic hydroxyl groups is 2. The molecular weight excluding hydrogens is 386 g/mol. The number of aryl methyl sites for hydroxylation is 1. The highest BCUT2D eigenvalue weighted by molar-refractivity contribution is 7.89. The van der Waals surface area contributed by atoms with E-state index in [0.717, 1.165) is 0 Å². The van der Waals surface area contributed by atoms with Crippen LogP contribution in [0.3, 0.4) is 0 Å². The zero-order chi connectivity index (χ0) is 20.3. The van der Waals surface area contributed by atoms with Crippen LogP contribution in [0.25, 0.3) is 0 Å². The van der Waals surface area contributed by atoms with E-state index in [-0.39, 0.29) is 22.0 Å². The summed E-state index contributed by atoms with van der Waals surface area (Å²) in [6, 6.07) is 9.62. The predicted molar refractivity (Wildman–Crippen MR) is 99.1 cm³/mol. The molecule has 0 aliphatic carbocycles. The van der Waals surface area contributed by atoms with Gasteiger partial charge in [-0.2, -0.15) is 10.2 Å². The molecule has 2 aromatic carbocycles. The molecule has 0 bridgehead atoms. The molecule has 11 nitrogen and oxygen atoms in total. The summed E-state index contributed by atoms with van der Waals surface area (Å²) in [4.78, 5) is -0.0585. The molecule has 3 rings (SSSR count). The van der Waals surface area contributed by atoms with Crippen LogP contribution in [0.1, 0.15) is 0 Å². The van der Waals surface area contributed by atoms with Crippen molar-refractivity contribution in [2.45, 2.75) is 4.90 Å². The van der Waals surface area contributed by atoms with E-state index in [0.29, 0.717) is 11.5 Å². The van der Waals surface area contributed by atoms with Crippen molar-refractivity contribution in [3.8, 4) is 11.5 Å². The Hall–Kier alpha value is -3.64. The Labute approximate surface area is 159 Å². The summed E-state index contributed by atoms with van der Waals surface area (Å²) in [5.41, 5.74) is 0.187. The number of nitrogens with zero attached hydrogens (tertiary/aromatic N) is 6. The van der Waals surface area contributed by atoms with Crippen molar-refractivity contribution >= 4 is 32.9 Å². The van der Waals surface area contributed by atoms with Gasteiger partial charge >= 0.3 is 0 Å². The normalized spacial score (nSPS) is 12.2. The molecule has 0 aliphatic rings. The van der Waals surface area contributed by atoms with Gasteiger partial charge in [-0.15, -0.1) is 15.3 Å². The van der Waals surface area contributed by atoms with E-state index < -0.39 is 15.8 Å². The predicted octanol–water partition coefficient (Wildman–Crippen LogP) is 3.31. The van der Waals surface area contributed by atoms with Gasteiger partial charge in [0.05, 0.1) is 16.8 Å². The number of nitrogens with two attached hydrogens (primary N) is 1. The molecule has 28 heavy (non-hydrogen) atoms. The van der Waals surface area contributed by atoms with Crippen molar-refractivity contribution in [1.82, 2.24) is 9.78 Å². The molecule has 0 aliphatic heterocycles. The van der Waals surface area contributed by atoms with Crippen LogP contribution in [-0.4, -0.2) is 28.4 Å². The number of phenolic OH excluding ortho intramolecular Hbond substituents is 2. The first kappa shape index (κ1) is 19.1. The van der Waals surface area contributed by atoms with Gasteiger partial charge in [-0.3, -0.25) is 0 Å². The summed E-state index contributed by atoms with van der Waals surface area (Å²) in [6.45, 7) is 0. The maximum absolute atomic E-state index is 11.2. The average Bonchev–Trinajstić information content (AvgIpc) is 3.05. The van der Waals surface area contributed by atoms with E-state index >= 15 is 0 Å². The molecule has 1 heterocycles. The van der Waals surface area contributed by atoms with Gasteiger partial charge in [0.2, 0.25) is 10.0 Å². The molecule has 0 unspecified atom stereocenters. The van der Waals surface area contributed by atoms with Crippen LogP contribution in [0.2, 0.25) is 0 Å². The van der Waals surface area contributed by atoms with E-state index in [9.17, 15) is 18.6 Å². The Balaban J connectivity index is 1.88. The number of primary sulfonamides is 1. The molecule has 0 spiro atoms. The van der Waals surface area contributed by atoms with Crippen LogP contribution < -0.4 is 5.14 Å². The standard InChI is InChI=1S/C16H15N7O4S/c1-23-14(8-9-18-23)21-22-15-13(24)7-6-12(16(15)25)20-19-10-2-4-11(5-3-10)28(17,26)27/h2-9,24-25H,1H3,(H2,17,26,27)/b20-19+,22-21+. The van der Waals surface area contributed by atoms with Gasteiger partial charge in [0.25, 0.3) is 0 Å². The summed E-state index contributed by atoms with van der Waals surface area (Å²) < 4.78 is 24.0. The highest BCUT2D eigenvalue weighted by Gasteiger charge is 2.13. The Morgan fingerprint density at radius 2 is 1.68 bits per heavy atom. The zero-order valence-corrected chi connectivity index (χ0v) is 15.3. The smallest absolute Gasteiger partial charge is 0.238 e. The van der Waals surface area contributed by atoms with Crippen LogP contribution >= 0.6 is 0 Å². The summed E-state index contributed by atoms with van der Waals surface area (Å²) in [5.74, 6) is -0.295. The lowest BCUT2D eigenvalue weighted by atomic mass is 10.2. The van der Waals surface area contributed by atoms with Crippen molar-refractivity contribution in [2.75, 3.05) is 0 Å². The summed E-state index contributed by atoms with van der Waals surface area (Å²) >= 11 is 0. The van der Waals surface area contributed by atoms with Crippen LogP contribution in [0.5, 0.6) is 11.5 Å². The highest BCUT2D eigenvalue weighted by Crippen LogP contribution is 2.43. The number of aromatic nitrogens is 2. The average molecular weight is 401 g/mol. The van der Waals surface area contributed by atoms with E-state index in [2.05, 4.69) is 25.6 Å². The molecular formula is C16H15N7O4S. The largest absolute Gasteiger partial charge is 0.505 e. The second kappa shape index (κ2) is 7.54. The first-order chi connectivity index (χ1) is 13.3. The lowest BCUT2D eigenvalue weighted by molar-refractivity contribution is 0.453. The Morgan fingerprint density at radius 3 is 2.29 bits per heavy atom. The second-order valence-electron chi connectivity index (χ2n) is 5.55. The molecule has 0 saturated heterocycles. The van der Waals surface area contributed by atoms with Gasteiger partial charge in [-0.05, 0) is 36.4 Å². The van der Waals surface area contributed by atoms with Gasteiger partial charge in [0, 0.05) is 13.1 Å². The number of hydrogen-bond acceptors (Lipinski definition) is 9. The fraction of sp³-hybridized carbons (Fsp3) is 0.0625. The van der Waals surface area contributed by atoms with E-state index in [4.69, 9.17) is 5.14 Å². The van der Waals surface area contributed by atoms with Gasteiger partial charge in [0.15, 0.2) is 17.3 Å². The third-order valence-electron chi connectivity index (χ3n) is 3.59.